The summed E-state index contributed by atoms with van der Waals surface area (Å²) in [6.07, 6.45) is -1.75. The molecule has 1 aliphatic heterocycles. The number of carbonyl (C=O) groups excluding carboxylic acids is 3. The average Bonchev–Trinajstić information content (AvgIpc) is 2.57. The van der Waals surface area contributed by atoms with Crippen LogP contribution in [-0.2, 0) is 25.7 Å². The van der Waals surface area contributed by atoms with E-state index in [4.69, 9.17) is 20.0 Å². The molecule has 1 aliphatic rings. The predicted molar refractivity (Wildman–Crippen MR) is 95.2 cm³/mol. The molecule has 0 spiro atoms. The second kappa shape index (κ2) is 7.83. The number of primary amides is 1. The molecular weight excluding hydrogens is 354 g/mol. The van der Waals surface area contributed by atoms with Crippen molar-refractivity contribution in [2.45, 2.75) is 51.5 Å². The molecule has 1 fully saturated rings. The Morgan fingerprint density at radius 2 is 1.89 bits per heavy atom. The van der Waals surface area contributed by atoms with Gasteiger partial charge in [0.25, 0.3) is 5.91 Å². The molecule has 3 N–H and O–H groups in total. The fourth-order valence-corrected chi connectivity index (χ4v) is 2.61. The quantitative estimate of drug-likeness (QED) is 0.726. The molecule has 1 saturated heterocycles. The molecule has 27 heavy (non-hydrogen) atoms. The number of hydrogen-bond donors (Lipinski definition) is 2. The number of rotatable bonds is 6. The number of alkyl carbamates (subject to hydrolysis) is 1. The topological polar surface area (TPSA) is 120 Å². The van der Waals surface area contributed by atoms with Crippen molar-refractivity contribution in [3.05, 3.63) is 35.9 Å². The minimum absolute atomic E-state index is 0.137. The first kappa shape index (κ1) is 20.5. The maximum atomic E-state index is 12.5. The summed E-state index contributed by atoms with van der Waals surface area (Å²) in [7, 11) is 0. The van der Waals surface area contributed by atoms with E-state index in [1.54, 1.807) is 27.7 Å². The first-order valence-electron chi connectivity index (χ1n) is 8.45. The van der Waals surface area contributed by atoms with Crippen molar-refractivity contribution in [2.75, 3.05) is 6.61 Å². The van der Waals surface area contributed by atoms with Gasteiger partial charge in [-0.05, 0) is 33.3 Å². The van der Waals surface area contributed by atoms with Crippen molar-refractivity contribution < 1.29 is 28.7 Å². The Bertz CT molecular complexity index is 703. The molecule has 0 aliphatic carbocycles. The van der Waals surface area contributed by atoms with E-state index in [-0.39, 0.29) is 13.2 Å². The Morgan fingerprint density at radius 3 is 2.44 bits per heavy atom. The maximum Gasteiger partial charge on any atom is 0.408 e. The van der Waals surface area contributed by atoms with Crippen molar-refractivity contribution in [3.8, 4) is 0 Å². The number of nitrogens with two attached hydrogens (primary N) is 1. The van der Waals surface area contributed by atoms with Crippen LogP contribution in [0.2, 0.25) is 0 Å². The lowest BCUT2D eigenvalue weighted by Gasteiger charge is -2.53. The number of hydroxylamine groups is 2. The lowest BCUT2D eigenvalue weighted by atomic mass is 9.83. The van der Waals surface area contributed by atoms with Gasteiger partial charge >= 0.3 is 12.2 Å². The molecular formula is C18H25N3O6. The van der Waals surface area contributed by atoms with Crippen molar-refractivity contribution >= 4 is 18.1 Å². The van der Waals surface area contributed by atoms with Gasteiger partial charge in [-0.1, -0.05) is 30.3 Å². The molecule has 9 nitrogen and oxygen atoms in total. The monoisotopic (exact) mass is 379 g/mol. The summed E-state index contributed by atoms with van der Waals surface area (Å²) in [4.78, 5) is 41.2. The number of hydrogen-bond acceptors (Lipinski definition) is 6. The zero-order chi connectivity index (χ0) is 20.2. The number of amides is 3. The number of carbonyl (C=O) groups is 3. The van der Waals surface area contributed by atoms with Gasteiger partial charge in [0.15, 0.2) is 0 Å². The van der Waals surface area contributed by atoms with E-state index in [0.29, 0.717) is 0 Å². The third kappa shape index (κ3) is 5.10. The third-order valence-electron chi connectivity index (χ3n) is 3.90. The number of β-lactam (4-membered cyclic amide) rings is 1. The zero-order valence-electron chi connectivity index (χ0n) is 15.9. The van der Waals surface area contributed by atoms with Crippen LogP contribution in [0.1, 0.15) is 33.3 Å². The van der Waals surface area contributed by atoms with Crippen molar-refractivity contribution in [3.63, 3.8) is 0 Å². The van der Waals surface area contributed by atoms with Gasteiger partial charge in [0.2, 0.25) is 0 Å². The first-order valence-corrected chi connectivity index (χ1v) is 8.45. The molecule has 9 heteroatoms. The van der Waals surface area contributed by atoms with Crippen LogP contribution in [0.5, 0.6) is 0 Å². The second-order valence-corrected chi connectivity index (χ2v) is 7.44. The fourth-order valence-electron chi connectivity index (χ4n) is 2.61. The lowest BCUT2D eigenvalue weighted by molar-refractivity contribution is -0.273. The second-order valence-electron chi connectivity index (χ2n) is 7.44. The third-order valence-corrected chi connectivity index (χ3v) is 3.90. The van der Waals surface area contributed by atoms with Crippen LogP contribution in [0.15, 0.2) is 30.3 Å². The Balaban J connectivity index is 2.08. The van der Waals surface area contributed by atoms with Crippen LogP contribution in [-0.4, -0.2) is 46.9 Å². The average molecular weight is 379 g/mol. The van der Waals surface area contributed by atoms with Crippen molar-refractivity contribution in [1.82, 2.24) is 10.4 Å². The number of nitrogens with zero attached hydrogens (tertiary/aromatic N) is 1. The highest BCUT2D eigenvalue weighted by atomic mass is 16.7. The van der Waals surface area contributed by atoms with Gasteiger partial charge in [0.1, 0.15) is 30.4 Å². The van der Waals surface area contributed by atoms with Gasteiger partial charge in [0, 0.05) is 0 Å². The predicted octanol–water partition coefficient (Wildman–Crippen LogP) is 1.71. The van der Waals surface area contributed by atoms with Gasteiger partial charge in [0.05, 0.1) is 0 Å². The molecule has 0 bridgehead atoms. The standard InChI is InChI=1S/C18H25N3O6/c1-17(2,3)27-16(24)20-13-14(22)21(18(13,4)11-25-15(19)23)26-10-12-8-6-5-7-9-12/h5-9,13H,10-11H2,1-4H3,(H2,19,23)(H,20,24)/t13-,18-/m1/s1. The van der Waals surface area contributed by atoms with E-state index in [0.717, 1.165) is 10.6 Å². The largest absolute Gasteiger partial charge is 0.447 e. The summed E-state index contributed by atoms with van der Waals surface area (Å²) >= 11 is 0. The molecule has 1 heterocycles. The van der Waals surface area contributed by atoms with E-state index >= 15 is 0 Å². The van der Waals surface area contributed by atoms with E-state index in [1.165, 1.54) is 0 Å². The number of benzene rings is 1. The fraction of sp³-hybridized carbons (Fsp3) is 0.500. The van der Waals surface area contributed by atoms with Gasteiger partial charge in [-0.2, -0.15) is 0 Å². The number of ether oxygens (including phenoxy) is 2. The molecule has 0 saturated carbocycles. The van der Waals surface area contributed by atoms with Crippen LogP contribution < -0.4 is 11.1 Å². The molecule has 148 valence electrons. The molecule has 0 radical (unpaired) electrons. The molecule has 0 unspecified atom stereocenters. The minimum Gasteiger partial charge on any atom is -0.447 e. The molecule has 2 atom stereocenters. The molecule has 1 aromatic rings. The Kier molecular flexibility index (Phi) is 5.94. The van der Waals surface area contributed by atoms with Crippen LogP contribution in [0.25, 0.3) is 0 Å². The van der Waals surface area contributed by atoms with Gasteiger partial charge < -0.3 is 20.5 Å². The summed E-state index contributed by atoms with van der Waals surface area (Å²) in [6.45, 7) is 6.63. The molecule has 1 aromatic carbocycles. The van der Waals surface area contributed by atoms with Gasteiger partial charge in [-0.15, -0.1) is 0 Å². The van der Waals surface area contributed by atoms with Crippen molar-refractivity contribution in [2.24, 2.45) is 5.73 Å². The Morgan fingerprint density at radius 1 is 1.26 bits per heavy atom. The molecule has 2 rings (SSSR count). The van der Waals surface area contributed by atoms with Crippen molar-refractivity contribution in [1.29, 1.82) is 0 Å². The molecule has 3 amide bonds. The smallest absolute Gasteiger partial charge is 0.408 e. The van der Waals surface area contributed by atoms with Crippen LogP contribution in [0, 0.1) is 0 Å². The molecule has 0 aromatic heterocycles. The van der Waals surface area contributed by atoms with Gasteiger partial charge in [-0.3, -0.25) is 9.63 Å². The normalized spacial score (nSPS) is 22.0. The van der Waals surface area contributed by atoms with E-state index < -0.39 is 35.3 Å². The summed E-state index contributed by atoms with van der Waals surface area (Å²) < 4.78 is 10.0. The minimum atomic E-state index is -1.13. The van der Waals surface area contributed by atoms with Crippen LogP contribution in [0.3, 0.4) is 0 Å². The number of nitrogens with one attached hydrogen (secondary N) is 1. The highest BCUT2D eigenvalue weighted by Crippen LogP contribution is 2.34. The SMILES string of the molecule is CC(C)(C)OC(=O)N[C@@H]1C(=O)N(OCc2ccccc2)[C@]1(C)COC(N)=O. The van der Waals surface area contributed by atoms with Crippen LogP contribution in [0.4, 0.5) is 9.59 Å². The summed E-state index contributed by atoms with van der Waals surface area (Å²) in [5.41, 5.74) is 4.04. The van der Waals surface area contributed by atoms with Gasteiger partial charge in [-0.25, -0.2) is 14.7 Å². The highest BCUT2D eigenvalue weighted by Gasteiger charge is 2.60. The summed E-state index contributed by atoms with van der Waals surface area (Å²) in [5.74, 6) is -0.479. The Hall–Kier alpha value is -2.81. The summed E-state index contributed by atoms with van der Waals surface area (Å²) in [6, 6.07) is 8.26. The summed E-state index contributed by atoms with van der Waals surface area (Å²) in [5, 5.41) is 3.59. The van der Waals surface area contributed by atoms with Crippen LogP contribution >= 0.6 is 0 Å². The van der Waals surface area contributed by atoms with E-state index in [9.17, 15) is 14.4 Å². The zero-order valence-corrected chi connectivity index (χ0v) is 15.9. The lowest BCUT2D eigenvalue weighted by Crippen LogP contribution is -2.79. The highest BCUT2D eigenvalue weighted by molar-refractivity contribution is 5.93. The first-order chi connectivity index (χ1) is 12.5. The van der Waals surface area contributed by atoms with E-state index in [2.05, 4.69) is 5.32 Å². The maximum absolute atomic E-state index is 12.5. The van der Waals surface area contributed by atoms with E-state index in [1.807, 2.05) is 30.3 Å². The Labute approximate surface area is 157 Å².